The molecule has 21 heavy (non-hydrogen) atoms. The minimum absolute atomic E-state index is 0.406. The van der Waals surface area contributed by atoms with Crippen LogP contribution in [0, 0.1) is 0 Å². The van der Waals surface area contributed by atoms with Crippen LogP contribution < -0.4 is 11.1 Å². The molecule has 0 saturated heterocycles. The molecule has 0 amide bonds. The van der Waals surface area contributed by atoms with E-state index in [0.29, 0.717) is 17.6 Å². The quantitative estimate of drug-likeness (QED) is 0.757. The predicted octanol–water partition coefficient (Wildman–Crippen LogP) is 4.08. The van der Waals surface area contributed by atoms with Crippen LogP contribution in [0.3, 0.4) is 0 Å². The Hall–Kier alpha value is -2.62. The van der Waals surface area contributed by atoms with Crippen molar-refractivity contribution in [1.82, 2.24) is 9.97 Å². The van der Waals surface area contributed by atoms with Gasteiger partial charge in [-0.05, 0) is 35.7 Å². The number of nitrogens with two attached hydrogens (primary N) is 1. The van der Waals surface area contributed by atoms with Gasteiger partial charge in [0.05, 0.1) is 11.0 Å². The summed E-state index contributed by atoms with van der Waals surface area (Å²) in [6.07, 6.45) is 0. The number of benzene rings is 2. The lowest BCUT2D eigenvalue weighted by Gasteiger charge is -2.11. The molecular formula is C17H18N4. The maximum atomic E-state index is 6.00. The number of nitrogen functional groups attached to an aromatic ring is 1. The number of aromatic nitrogens is 2. The summed E-state index contributed by atoms with van der Waals surface area (Å²) in [6, 6.07) is 16.0. The highest BCUT2D eigenvalue weighted by Crippen LogP contribution is 2.24. The number of fused-ring (bicyclic) bond motifs is 1. The van der Waals surface area contributed by atoms with Crippen molar-refractivity contribution in [2.45, 2.75) is 19.8 Å². The van der Waals surface area contributed by atoms with E-state index in [9.17, 15) is 0 Å². The molecule has 4 heteroatoms. The van der Waals surface area contributed by atoms with Crippen LogP contribution in [0.4, 0.5) is 17.3 Å². The number of nitrogens with zero attached hydrogens (tertiary/aromatic N) is 2. The number of hydrogen-bond acceptors (Lipinski definition) is 4. The lowest BCUT2D eigenvalue weighted by atomic mass is 10.0. The Labute approximate surface area is 124 Å². The molecule has 0 bridgehead atoms. The van der Waals surface area contributed by atoms with E-state index in [4.69, 9.17) is 5.73 Å². The second-order valence-corrected chi connectivity index (χ2v) is 5.35. The molecule has 3 N–H and O–H groups in total. The number of rotatable bonds is 3. The smallest absolute Gasteiger partial charge is 0.174 e. The van der Waals surface area contributed by atoms with Gasteiger partial charge in [0.15, 0.2) is 11.6 Å². The minimum atomic E-state index is 0.406. The molecule has 0 radical (unpaired) electrons. The fourth-order valence-electron chi connectivity index (χ4n) is 2.22. The summed E-state index contributed by atoms with van der Waals surface area (Å²) in [5.41, 5.74) is 9.87. The van der Waals surface area contributed by atoms with Crippen LogP contribution in [0.1, 0.15) is 25.3 Å². The zero-order chi connectivity index (χ0) is 14.8. The van der Waals surface area contributed by atoms with Crippen molar-refractivity contribution in [3.63, 3.8) is 0 Å². The Kier molecular flexibility index (Phi) is 3.44. The molecule has 1 heterocycles. The number of hydrogen-bond donors (Lipinski definition) is 2. The molecule has 2 aromatic carbocycles. The van der Waals surface area contributed by atoms with Crippen LogP contribution in [0.15, 0.2) is 48.5 Å². The van der Waals surface area contributed by atoms with Crippen LogP contribution in [0.5, 0.6) is 0 Å². The Morgan fingerprint density at radius 2 is 1.67 bits per heavy atom. The van der Waals surface area contributed by atoms with Gasteiger partial charge < -0.3 is 11.1 Å². The van der Waals surface area contributed by atoms with Crippen molar-refractivity contribution in [2.24, 2.45) is 0 Å². The van der Waals surface area contributed by atoms with Crippen molar-refractivity contribution in [2.75, 3.05) is 11.1 Å². The molecule has 0 aliphatic rings. The van der Waals surface area contributed by atoms with Gasteiger partial charge in [-0.25, -0.2) is 9.97 Å². The average molecular weight is 278 g/mol. The van der Waals surface area contributed by atoms with E-state index >= 15 is 0 Å². The first kappa shape index (κ1) is 13.4. The number of para-hydroxylation sites is 2. The van der Waals surface area contributed by atoms with Gasteiger partial charge in [0.1, 0.15) is 0 Å². The van der Waals surface area contributed by atoms with E-state index in [1.165, 1.54) is 5.56 Å². The van der Waals surface area contributed by atoms with E-state index in [1.54, 1.807) is 0 Å². The summed E-state index contributed by atoms with van der Waals surface area (Å²) in [4.78, 5) is 8.93. The summed E-state index contributed by atoms with van der Waals surface area (Å²) < 4.78 is 0. The largest absolute Gasteiger partial charge is 0.381 e. The molecule has 106 valence electrons. The first-order valence-corrected chi connectivity index (χ1v) is 7.03. The first-order valence-electron chi connectivity index (χ1n) is 7.03. The Bertz CT molecular complexity index is 781. The van der Waals surface area contributed by atoms with Gasteiger partial charge in [0.2, 0.25) is 0 Å². The molecule has 3 aromatic rings. The topological polar surface area (TPSA) is 63.8 Å². The van der Waals surface area contributed by atoms with E-state index in [-0.39, 0.29) is 0 Å². The van der Waals surface area contributed by atoms with Crippen molar-refractivity contribution in [3.8, 4) is 0 Å². The number of nitrogens with one attached hydrogen (secondary N) is 1. The molecular weight excluding hydrogens is 260 g/mol. The molecule has 4 nitrogen and oxygen atoms in total. The second kappa shape index (κ2) is 5.40. The van der Waals surface area contributed by atoms with Crippen LogP contribution in [0.25, 0.3) is 11.0 Å². The summed E-state index contributed by atoms with van der Waals surface area (Å²) >= 11 is 0. The zero-order valence-corrected chi connectivity index (χ0v) is 12.2. The van der Waals surface area contributed by atoms with Crippen molar-refractivity contribution >= 4 is 28.4 Å². The van der Waals surface area contributed by atoms with E-state index in [1.807, 2.05) is 36.4 Å². The van der Waals surface area contributed by atoms with Crippen molar-refractivity contribution in [3.05, 3.63) is 54.1 Å². The van der Waals surface area contributed by atoms with Gasteiger partial charge >= 0.3 is 0 Å². The second-order valence-electron chi connectivity index (χ2n) is 5.35. The molecule has 0 aliphatic carbocycles. The van der Waals surface area contributed by atoms with Gasteiger partial charge in [-0.1, -0.05) is 38.1 Å². The van der Waals surface area contributed by atoms with Crippen molar-refractivity contribution in [1.29, 1.82) is 0 Å². The molecule has 0 atom stereocenters. The van der Waals surface area contributed by atoms with Gasteiger partial charge in [-0.2, -0.15) is 0 Å². The predicted molar refractivity (Wildman–Crippen MR) is 87.8 cm³/mol. The monoisotopic (exact) mass is 278 g/mol. The highest BCUT2D eigenvalue weighted by atomic mass is 15.1. The van der Waals surface area contributed by atoms with Crippen molar-refractivity contribution < 1.29 is 0 Å². The average Bonchev–Trinajstić information content (AvgIpc) is 2.48. The normalized spacial score (nSPS) is 11.0. The third-order valence-electron chi connectivity index (χ3n) is 3.41. The van der Waals surface area contributed by atoms with Gasteiger partial charge in [0.25, 0.3) is 0 Å². The lowest BCUT2D eigenvalue weighted by molar-refractivity contribution is 0.867. The third-order valence-corrected chi connectivity index (χ3v) is 3.41. The molecule has 0 saturated carbocycles. The summed E-state index contributed by atoms with van der Waals surface area (Å²) in [7, 11) is 0. The van der Waals surface area contributed by atoms with Gasteiger partial charge in [0, 0.05) is 5.69 Å². The molecule has 0 unspecified atom stereocenters. The summed E-state index contributed by atoms with van der Waals surface area (Å²) in [5, 5.41) is 3.26. The summed E-state index contributed by atoms with van der Waals surface area (Å²) in [5.74, 6) is 1.48. The molecule has 0 fully saturated rings. The van der Waals surface area contributed by atoms with E-state index in [0.717, 1.165) is 16.7 Å². The lowest BCUT2D eigenvalue weighted by Crippen LogP contribution is -2.02. The Morgan fingerprint density at radius 3 is 2.38 bits per heavy atom. The Morgan fingerprint density at radius 1 is 0.952 bits per heavy atom. The van der Waals surface area contributed by atoms with Crippen LogP contribution >= 0.6 is 0 Å². The standard InChI is InChI=1S/C17H18N4/c1-11(2)12-6-5-7-13(10-12)19-17-16(18)20-14-8-3-4-9-15(14)21-17/h3-11H,1-2H3,(H2,18,20)(H,19,21). The maximum absolute atomic E-state index is 6.00. The fourth-order valence-corrected chi connectivity index (χ4v) is 2.22. The Balaban J connectivity index is 1.97. The zero-order valence-electron chi connectivity index (χ0n) is 12.2. The van der Waals surface area contributed by atoms with Crippen LogP contribution in [-0.4, -0.2) is 9.97 Å². The molecule has 1 aromatic heterocycles. The third kappa shape index (κ3) is 2.79. The number of anilines is 3. The van der Waals surface area contributed by atoms with Crippen LogP contribution in [0.2, 0.25) is 0 Å². The highest BCUT2D eigenvalue weighted by molar-refractivity contribution is 5.80. The van der Waals surface area contributed by atoms with E-state index < -0.39 is 0 Å². The van der Waals surface area contributed by atoms with Crippen LogP contribution in [-0.2, 0) is 0 Å². The maximum Gasteiger partial charge on any atom is 0.174 e. The highest BCUT2D eigenvalue weighted by Gasteiger charge is 2.07. The van der Waals surface area contributed by atoms with E-state index in [2.05, 4.69) is 41.3 Å². The molecule has 3 rings (SSSR count). The molecule has 0 aliphatic heterocycles. The van der Waals surface area contributed by atoms with Gasteiger partial charge in [-0.15, -0.1) is 0 Å². The molecule has 0 spiro atoms. The first-order chi connectivity index (χ1) is 10.1. The summed E-state index contributed by atoms with van der Waals surface area (Å²) in [6.45, 7) is 4.34. The SMILES string of the molecule is CC(C)c1cccc(Nc2nc3ccccc3nc2N)c1. The van der Waals surface area contributed by atoms with Gasteiger partial charge in [-0.3, -0.25) is 0 Å². The fraction of sp³-hybridized carbons (Fsp3) is 0.176. The minimum Gasteiger partial charge on any atom is -0.381 e.